The van der Waals surface area contributed by atoms with Crippen molar-refractivity contribution in [3.05, 3.63) is 34.8 Å². The number of ether oxygens (including phenoxy) is 1. The van der Waals surface area contributed by atoms with Crippen LogP contribution in [-0.2, 0) is 6.42 Å². The summed E-state index contributed by atoms with van der Waals surface area (Å²) in [6.45, 7) is 0. The first-order valence-electron chi connectivity index (χ1n) is 5.37. The number of nitrogens with zero attached hydrogens (tertiary/aromatic N) is 3. The minimum atomic E-state index is -0.276. The van der Waals surface area contributed by atoms with E-state index in [9.17, 15) is 4.79 Å². The maximum atomic E-state index is 11.9. The molecule has 0 fully saturated rings. The summed E-state index contributed by atoms with van der Waals surface area (Å²) in [7, 11) is 1.56. The highest BCUT2D eigenvalue weighted by Gasteiger charge is 2.10. The molecule has 0 atom stereocenters. The van der Waals surface area contributed by atoms with Gasteiger partial charge in [0, 0.05) is 5.56 Å². The SMILES string of the molecule is COc1ccc(C(=O)Nc2nnc(CC#N)s2)cc1. The second-order valence-corrected chi connectivity index (χ2v) is 4.58. The smallest absolute Gasteiger partial charge is 0.257 e. The van der Waals surface area contributed by atoms with Crippen molar-refractivity contribution in [2.45, 2.75) is 6.42 Å². The number of carbonyl (C=O) groups excluding carboxylic acids is 1. The molecule has 2 aromatic rings. The Morgan fingerprint density at radius 2 is 2.16 bits per heavy atom. The average molecular weight is 274 g/mol. The van der Waals surface area contributed by atoms with Gasteiger partial charge in [0.1, 0.15) is 10.8 Å². The lowest BCUT2D eigenvalue weighted by Gasteiger charge is -2.02. The number of nitriles is 1. The van der Waals surface area contributed by atoms with E-state index in [0.717, 1.165) is 0 Å². The van der Waals surface area contributed by atoms with Gasteiger partial charge < -0.3 is 4.74 Å². The number of hydrogen-bond acceptors (Lipinski definition) is 6. The zero-order valence-electron chi connectivity index (χ0n) is 10.1. The van der Waals surface area contributed by atoms with E-state index >= 15 is 0 Å². The molecule has 0 aliphatic rings. The van der Waals surface area contributed by atoms with E-state index in [2.05, 4.69) is 15.5 Å². The van der Waals surface area contributed by atoms with Crippen molar-refractivity contribution in [2.75, 3.05) is 12.4 Å². The molecular weight excluding hydrogens is 264 g/mol. The molecule has 1 amide bonds. The molecule has 1 heterocycles. The fourth-order valence-corrected chi connectivity index (χ4v) is 2.02. The van der Waals surface area contributed by atoms with Crippen molar-refractivity contribution in [1.29, 1.82) is 5.26 Å². The third-order valence-electron chi connectivity index (χ3n) is 2.27. The monoisotopic (exact) mass is 274 g/mol. The fraction of sp³-hybridized carbons (Fsp3) is 0.167. The van der Waals surface area contributed by atoms with Gasteiger partial charge in [0.15, 0.2) is 0 Å². The molecule has 1 aromatic carbocycles. The highest BCUT2D eigenvalue weighted by molar-refractivity contribution is 7.15. The number of amides is 1. The Hall–Kier alpha value is -2.46. The van der Waals surface area contributed by atoms with Crippen molar-refractivity contribution in [3.63, 3.8) is 0 Å². The maximum absolute atomic E-state index is 11.9. The molecule has 0 saturated heterocycles. The molecule has 0 radical (unpaired) electrons. The quantitative estimate of drug-likeness (QED) is 0.919. The zero-order valence-corrected chi connectivity index (χ0v) is 10.9. The summed E-state index contributed by atoms with van der Waals surface area (Å²) in [6.07, 6.45) is 0.191. The summed E-state index contributed by atoms with van der Waals surface area (Å²) >= 11 is 1.19. The first kappa shape index (κ1) is 13.0. The van der Waals surface area contributed by atoms with Crippen LogP contribution in [0, 0.1) is 11.3 Å². The lowest BCUT2D eigenvalue weighted by atomic mass is 10.2. The number of methoxy groups -OCH3 is 1. The Morgan fingerprint density at radius 1 is 1.42 bits per heavy atom. The number of benzene rings is 1. The van der Waals surface area contributed by atoms with Crippen LogP contribution in [0.25, 0.3) is 0 Å². The number of rotatable bonds is 4. The Kier molecular flexibility index (Phi) is 4.05. The van der Waals surface area contributed by atoms with Gasteiger partial charge in [0.2, 0.25) is 5.13 Å². The van der Waals surface area contributed by atoms with E-state index in [1.165, 1.54) is 11.3 Å². The van der Waals surface area contributed by atoms with Gasteiger partial charge in [-0.05, 0) is 24.3 Å². The number of aromatic nitrogens is 2. The number of nitrogens with one attached hydrogen (secondary N) is 1. The summed E-state index contributed by atoms with van der Waals surface area (Å²) in [5.41, 5.74) is 0.498. The lowest BCUT2D eigenvalue weighted by Crippen LogP contribution is -2.11. The molecule has 0 spiro atoms. The van der Waals surface area contributed by atoms with Gasteiger partial charge in [0.05, 0.1) is 19.6 Å². The minimum Gasteiger partial charge on any atom is -0.497 e. The van der Waals surface area contributed by atoms with Crippen LogP contribution in [0.4, 0.5) is 5.13 Å². The summed E-state index contributed by atoms with van der Waals surface area (Å²) in [4.78, 5) is 11.9. The summed E-state index contributed by atoms with van der Waals surface area (Å²) in [6, 6.07) is 8.70. The second-order valence-electron chi connectivity index (χ2n) is 3.52. The normalized spacial score (nSPS) is 9.68. The van der Waals surface area contributed by atoms with Crippen molar-refractivity contribution in [2.24, 2.45) is 0 Å². The molecule has 0 aliphatic heterocycles. The molecule has 6 nitrogen and oxygen atoms in total. The first-order valence-corrected chi connectivity index (χ1v) is 6.19. The molecule has 0 unspecified atom stereocenters. The second kappa shape index (κ2) is 5.93. The highest BCUT2D eigenvalue weighted by Crippen LogP contribution is 2.17. The van der Waals surface area contributed by atoms with Crippen LogP contribution in [0.5, 0.6) is 5.75 Å². The predicted molar refractivity (Wildman–Crippen MR) is 70.2 cm³/mol. The third-order valence-corrected chi connectivity index (χ3v) is 3.11. The molecule has 0 aliphatic carbocycles. The van der Waals surface area contributed by atoms with Crippen LogP contribution < -0.4 is 10.1 Å². The molecule has 1 N–H and O–H groups in total. The molecule has 0 saturated carbocycles. The van der Waals surface area contributed by atoms with E-state index in [0.29, 0.717) is 21.5 Å². The Morgan fingerprint density at radius 3 is 2.79 bits per heavy atom. The van der Waals surface area contributed by atoms with E-state index in [4.69, 9.17) is 10.00 Å². The lowest BCUT2D eigenvalue weighted by molar-refractivity contribution is 0.102. The van der Waals surface area contributed by atoms with Gasteiger partial charge in [-0.2, -0.15) is 5.26 Å². The number of anilines is 1. The van der Waals surface area contributed by atoms with Crippen molar-refractivity contribution in [1.82, 2.24) is 10.2 Å². The molecule has 2 rings (SSSR count). The van der Waals surface area contributed by atoms with E-state index in [1.54, 1.807) is 31.4 Å². The minimum absolute atomic E-state index is 0.191. The summed E-state index contributed by atoms with van der Waals surface area (Å²) in [5.74, 6) is 0.408. The van der Waals surface area contributed by atoms with Gasteiger partial charge in [-0.1, -0.05) is 11.3 Å². The van der Waals surface area contributed by atoms with Crippen molar-refractivity contribution >= 4 is 22.4 Å². The van der Waals surface area contributed by atoms with Gasteiger partial charge in [-0.3, -0.25) is 10.1 Å². The Balaban J connectivity index is 2.05. The van der Waals surface area contributed by atoms with Crippen LogP contribution in [0.3, 0.4) is 0 Å². The predicted octanol–water partition coefficient (Wildman–Crippen LogP) is 1.87. The van der Waals surface area contributed by atoms with Crippen LogP contribution >= 0.6 is 11.3 Å². The molecule has 0 bridgehead atoms. The zero-order chi connectivity index (χ0) is 13.7. The van der Waals surface area contributed by atoms with E-state index < -0.39 is 0 Å². The number of hydrogen-bond donors (Lipinski definition) is 1. The highest BCUT2D eigenvalue weighted by atomic mass is 32.1. The van der Waals surface area contributed by atoms with Gasteiger partial charge in [-0.15, -0.1) is 10.2 Å². The molecule has 1 aromatic heterocycles. The van der Waals surface area contributed by atoms with Gasteiger partial charge >= 0.3 is 0 Å². The maximum Gasteiger partial charge on any atom is 0.257 e. The van der Waals surface area contributed by atoms with Crippen LogP contribution in [0.15, 0.2) is 24.3 Å². The largest absolute Gasteiger partial charge is 0.497 e. The van der Waals surface area contributed by atoms with Crippen LogP contribution in [-0.4, -0.2) is 23.2 Å². The summed E-state index contributed by atoms with van der Waals surface area (Å²) in [5, 5.41) is 19.7. The molecular formula is C12H10N4O2S. The van der Waals surface area contributed by atoms with Gasteiger partial charge in [-0.25, -0.2) is 0 Å². The first-order chi connectivity index (χ1) is 9.22. The van der Waals surface area contributed by atoms with Crippen molar-refractivity contribution in [3.8, 4) is 11.8 Å². The average Bonchev–Trinajstić information content (AvgIpc) is 2.86. The van der Waals surface area contributed by atoms with Crippen LogP contribution in [0.1, 0.15) is 15.4 Å². The van der Waals surface area contributed by atoms with E-state index in [1.807, 2.05) is 6.07 Å². The Labute approximate surface area is 113 Å². The third kappa shape index (κ3) is 3.26. The standard InChI is InChI=1S/C12H10N4O2S/c1-18-9-4-2-8(3-5-9)11(17)14-12-16-15-10(19-12)6-7-13/h2-5H,6H2,1H3,(H,14,16,17). The molecule has 19 heavy (non-hydrogen) atoms. The molecule has 7 heteroatoms. The van der Waals surface area contributed by atoms with Crippen LogP contribution in [0.2, 0.25) is 0 Å². The van der Waals surface area contributed by atoms with Crippen molar-refractivity contribution < 1.29 is 9.53 Å². The number of carbonyl (C=O) groups is 1. The topological polar surface area (TPSA) is 87.9 Å². The fourth-order valence-electron chi connectivity index (χ4n) is 1.35. The Bertz CT molecular complexity index is 615. The summed E-state index contributed by atoms with van der Waals surface area (Å²) < 4.78 is 5.01. The molecule has 96 valence electrons. The van der Waals surface area contributed by atoms with E-state index in [-0.39, 0.29) is 12.3 Å². The van der Waals surface area contributed by atoms with Gasteiger partial charge in [0.25, 0.3) is 5.91 Å².